The predicted octanol–water partition coefficient (Wildman–Crippen LogP) is 3.30. The van der Waals surface area contributed by atoms with Gasteiger partial charge in [0.05, 0.1) is 14.2 Å². The average Bonchev–Trinajstić information content (AvgIpc) is 2.89. The van der Waals surface area contributed by atoms with Gasteiger partial charge in [0, 0.05) is 11.7 Å². The fourth-order valence-electron chi connectivity index (χ4n) is 3.06. The second-order valence-corrected chi connectivity index (χ2v) is 5.39. The van der Waals surface area contributed by atoms with Crippen molar-refractivity contribution < 1.29 is 14.3 Å². The summed E-state index contributed by atoms with van der Waals surface area (Å²) in [5.41, 5.74) is 2.63. The van der Waals surface area contributed by atoms with Gasteiger partial charge >= 0.3 is 0 Å². The Kier molecular flexibility index (Phi) is 3.75. The first-order valence-electron chi connectivity index (χ1n) is 7.29. The minimum atomic E-state index is -0.0910. The summed E-state index contributed by atoms with van der Waals surface area (Å²) in [7, 11) is 3.12. The van der Waals surface area contributed by atoms with Crippen LogP contribution in [0.4, 0.5) is 5.69 Å². The number of benzene rings is 2. The Morgan fingerprint density at radius 1 is 1.05 bits per heavy atom. The summed E-state index contributed by atoms with van der Waals surface area (Å²) in [4.78, 5) is 15.0. The van der Waals surface area contributed by atoms with E-state index < -0.39 is 0 Å². The summed E-state index contributed by atoms with van der Waals surface area (Å²) >= 11 is 0. The van der Waals surface area contributed by atoms with Gasteiger partial charge in [0.2, 0.25) is 0 Å². The molecule has 22 heavy (non-hydrogen) atoms. The highest BCUT2D eigenvalue weighted by Gasteiger charge is 2.34. The van der Waals surface area contributed by atoms with Crippen molar-refractivity contribution in [2.24, 2.45) is 0 Å². The van der Waals surface area contributed by atoms with Crippen molar-refractivity contribution in [3.8, 4) is 11.5 Å². The second kappa shape index (κ2) is 5.72. The molecule has 1 aliphatic heterocycles. The Morgan fingerprint density at radius 3 is 2.32 bits per heavy atom. The fourth-order valence-corrected chi connectivity index (χ4v) is 3.06. The number of nitrogens with zero attached hydrogens (tertiary/aromatic N) is 1. The zero-order valence-electron chi connectivity index (χ0n) is 13.0. The SMILES string of the molecule is COc1cccc(OC)c1C(=O)N1c2ccccc2C[C@H]1C. The predicted molar refractivity (Wildman–Crippen MR) is 86.0 cm³/mol. The molecule has 0 fully saturated rings. The van der Waals surface area contributed by atoms with Crippen molar-refractivity contribution >= 4 is 11.6 Å². The van der Waals surface area contributed by atoms with Gasteiger partial charge in [-0.1, -0.05) is 24.3 Å². The van der Waals surface area contributed by atoms with Crippen LogP contribution in [0, 0.1) is 0 Å². The largest absolute Gasteiger partial charge is 0.496 e. The zero-order valence-corrected chi connectivity index (χ0v) is 13.0. The highest BCUT2D eigenvalue weighted by atomic mass is 16.5. The molecule has 1 atom stereocenters. The maximum absolute atomic E-state index is 13.1. The fraction of sp³-hybridized carbons (Fsp3) is 0.278. The lowest BCUT2D eigenvalue weighted by atomic mass is 10.1. The normalized spacial score (nSPS) is 16.3. The van der Waals surface area contributed by atoms with E-state index in [0.717, 1.165) is 12.1 Å². The molecule has 0 saturated carbocycles. The van der Waals surface area contributed by atoms with Crippen LogP contribution in [-0.4, -0.2) is 26.2 Å². The first kappa shape index (κ1) is 14.4. The van der Waals surface area contributed by atoms with E-state index in [0.29, 0.717) is 17.1 Å². The Morgan fingerprint density at radius 2 is 1.68 bits per heavy atom. The standard InChI is InChI=1S/C18H19NO3/c1-12-11-13-7-4-5-8-14(13)19(12)18(20)17-15(21-2)9-6-10-16(17)22-3/h4-10,12H,11H2,1-3H3/t12-/m1/s1. The number of hydrogen-bond donors (Lipinski definition) is 0. The number of anilines is 1. The molecule has 2 aromatic rings. The molecule has 1 heterocycles. The maximum atomic E-state index is 13.1. The third kappa shape index (κ3) is 2.21. The van der Waals surface area contributed by atoms with Crippen LogP contribution < -0.4 is 14.4 Å². The number of amides is 1. The minimum absolute atomic E-state index is 0.0910. The van der Waals surface area contributed by atoms with E-state index in [-0.39, 0.29) is 11.9 Å². The molecule has 1 amide bonds. The second-order valence-electron chi connectivity index (χ2n) is 5.39. The van der Waals surface area contributed by atoms with Gasteiger partial charge in [0.25, 0.3) is 5.91 Å². The zero-order chi connectivity index (χ0) is 15.7. The van der Waals surface area contributed by atoms with Crippen LogP contribution in [-0.2, 0) is 6.42 Å². The number of carbonyl (C=O) groups is 1. The summed E-state index contributed by atoms with van der Waals surface area (Å²) in [5.74, 6) is 0.966. The van der Waals surface area contributed by atoms with Crippen molar-refractivity contribution in [1.29, 1.82) is 0 Å². The highest BCUT2D eigenvalue weighted by Crippen LogP contribution is 2.37. The lowest BCUT2D eigenvalue weighted by Gasteiger charge is -2.24. The molecule has 1 aliphatic rings. The van der Waals surface area contributed by atoms with Crippen LogP contribution in [0.5, 0.6) is 11.5 Å². The number of methoxy groups -OCH3 is 2. The van der Waals surface area contributed by atoms with E-state index in [4.69, 9.17) is 9.47 Å². The molecule has 0 radical (unpaired) electrons. The summed E-state index contributed by atoms with van der Waals surface area (Å²) in [6, 6.07) is 13.5. The van der Waals surface area contributed by atoms with Crippen LogP contribution in [0.2, 0.25) is 0 Å². The first-order chi connectivity index (χ1) is 10.7. The molecule has 0 aromatic heterocycles. The van der Waals surface area contributed by atoms with E-state index in [9.17, 15) is 4.79 Å². The van der Waals surface area contributed by atoms with Gasteiger partial charge in [-0.2, -0.15) is 0 Å². The van der Waals surface area contributed by atoms with Crippen molar-refractivity contribution in [2.45, 2.75) is 19.4 Å². The van der Waals surface area contributed by atoms with E-state index in [1.807, 2.05) is 29.2 Å². The molecule has 0 unspecified atom stereocenters. The smallest absolute Gasteiger partial charge is 0.266 e. The molecule has 0 N–H and O–H groups in total. The van der Waals surface area contributed by atoms with Crippen LogP contribution in [0.1, 0.15) is 22.8 Å². The van der Waals surface area contributed by atoms with Gasteiger partial charge in [-0.05, 0) is 37.1 Å². The number of rotatable bonds is 3. The molecule has 0 saturated heterocycles. The summed E-state index contributed by atoms with van der Waals surface area (Å²) < 4.78 is 10.7. The molecule has 114 valence electrons. The molecule has 0 aliphatic carbocycles. The number of hydrogen-bond acceptors (Lipinski definition) is 3. The van der Waals surface area contributed by atoms with Crippen molar-refractivity contribution in [2.75, 3.05) is 19.1 Å². The number of fused-ring (bicyclic) bond motifs is 1. The molecule has 3 rings (SSSR count). The van der Waals surface area contributed by atoms with Crippen molar-refractivity contribution in [1.82, 2.24) is 0 Å². The third-order valence-corrected chi connectivity index (χ3v) is 4.07. The molecule has 4 nitrogen and oxygen atoms in total. The lowest BCUT2D eigenvalue weighted by Crippen LogP contribution is -2.36. The van der Waals surface area contributed by atoms with Crippen LogP contribution in [0.3, 0.4) is 0 Å². The Balaban J connectivity index is 2.09. The summed E-state index contributed by atoms with van der Waals surface area (Å²) in [6.45, 7) is 2.06. The van der Waals surface area contributed by atoms with Gasteiger partial charge in [-0.25, -0.2) is 0 Å². The molecule has 0 bridgehead atoms. The van der Waals surface area contributed by atoms with E-state index in [1.54, 1.807) is 26.4 Å². The molecule has 4 heteroatoms. The maximum Gasteiger partial charge on any atom is 0.266 e. The molecule has 0 spiro atoms. The Bertz CT molecular complexity index is 689. The van der Waals surface area contributed by atoms with E-state index in [1.165, 1.54) is 5.56 Å². The topological polar surface area (TPSA) is 38.8 Å². The Hall–Kier alpha value is -2.49. The first-order valence-corrected chi connectivity index (χ1v) is 7.29. The van der Waals surface area contributed by atoms with Crippen LogP contribution >= 0.6 is 0 Å². The van der Waals surface area contributed by atoms with Gasteiger partial charge in [-0.15, -0.1) is 0 Å². The number of ether oxygens (including phenoxy) is 2. The average molecular weight is 297 g/mol. The number of carbonyl (C=O) groups excluding carboxylic acids is 1. The minimum Gasteiger partial charge on any atom is -0.496 e. The van der Waals surface area contributed by atoms with Gasteiger partial charge in [-0.3, -0.25) is 4.79 Å². The molecular weight excluding hydrogens is 278 g/mol. The van der Waals surface area contributed by atoms with Crippen molar-refractivity contribution in [3.63, 3.8) is 0 Å². The number of para-hydroxylation sites is 1. The monoisotopic (exact) mass is 297 g/mol. The van der Waals surface area contributed by atoms with Gasteiger partial charge < -0.3 is 14.4 Å². The van der Waals surface area contributed by atoms with Crippen LogP contribution in [0.25, 0.3) is 0 Å². The van der Waals surface area contributed by atoms with E-state index in [2.05, 4.69) is 13.0 Å². The van der Waals surface area contributed by atoms with Crippen LogP contribution in [0.15, 0.2) is 42.5 Å². The molecule has 2 aromatic carbocycles. The van der Waals surface area contributed by atoms with E-state index >= 15 is 0 Å². The summed E-state index contributed by atoms with van der Waals surface area (Å²) in [6.07, 6.45) is 0.860. The Labute approximate surface area is 130 Å². The van der Waals surface area contributed by atoms with Gasteiger partial charge in [0.1, 0.15) is 17.1 Å². The van der Waals surface area contributed by atoms with Gasteiger partial charge in [0.15, 0.2) is 0 Å². The summed E-state index contributed by atoms with van der Waals surface area (Å²) in [5, 5.41) is 0. The lowest BCUT2D eigenvalue weighted by molar-refractivity contribution is 0.0975. The highest BCUT2D eigenvalue weighted by molar-refractivity contribution is 6.11. The quantitative estimate of drug-likeness (QED) is 0.872. The molecular formula is C18H19NO3. The van der Waals surface area contributed by atoms with Crippen molar-refractivity contribution in [3.05, 3.63) is 53.6 Å². The third-order valence-electron chi connectivity index (χ3n) is 4.07.